The van der Waals surface area contributed by atoms with Crippen LogP contribution in [0.3, 0.4) is 0 Å². The molecule has 3 rings (SSSR count). The number of carbonyl (C=O) groups is 2. The Bertz CT molecular complexity index is 904. The number of fused-ring (bicyclic) bond motifs is 1. The molecule has 10 nitrogen and oxygen atoms in total. The van der Waals surface area contributed by atoms with Crippen LogP contribution >= 0.6 is 0 Å². The Kier molecular flexibility index (Phi) is 5.45. The van der Waals surface area contributed by atoms with Gasteiger partial charge in [-0.25, -0.2) is 19.1 Å². The maximum absolute atomic E-state index is 10.9. The number of rotatable bonds is 2. The summed E-state index contributed by atoms with van der Waals surface area (Å²) in [7, 11) is 6.90. The van der Waals surface area contributed by atoms with Gasteiger partial charge in [0.05, 0.1) is 17.5 Å². The number of nitrogens with two attached hydrogens (primary N) is 1. The number of aromatic carboxylic acids is 1. The Morgan fingerprint density at radius 3 is 2.35 bits per heavy atom. The van der Waals surface area contributed by atoms with Crippen LogP contribution in [0.2, 0.25) is 0 Å². The Labute approximate surface area is 149 Å². The van der Waals surface area contributed by atoms with Crippen molar-refractivity contribution >= 4 is 23.3 Å². The van der Waals surface area contributed by atoms with Gasteiger partial charge in [-0.05, 0) is 18.2 Å². The van der Waals surface area contributed by atoms with Crippen LogP contribution in [0.1, 0.15) is 10.4 Å². The molecule has 0 aromatic carbocycles. The molecule has 0 aliphatic carbocycles. The number of pyridine rings is 1. The van der Waals surface area contributed by atoms with Gasteiger partial charge in [0, 0.05) is 34.4 Å². The van der Waals surface area contributed by atoms with E-state index >= 15 is 0 Å². The van der Waals surface area contributed by atoms with Gasteiger partial charge in [-0.2, -0.15) is 0 Å². The van der Waals surface area contributed by atoms with E-state index < -0.39 is 5.97 Å². The second-order valence-electron chi connectivity index (χ2n) is 5.74. The van der Waals surface area contributed by atoms with Crippen molar-refractivity contribution in [1.82, 2.24) is 24.4 Å². The number of carboxylic acids is 1. The monoisotopic (exact) mass is 360 g/mol. The van der Waals surface area contributed by atoms with Crippen LogP contribution in [0.15, 0.2) is 35.1 Å². The van der Waals surface area contributed by atoms with Crippen LogP contribution in [-0.4, -0.2) is 69.7 Å². The Morgan fingerprint density at radius 2 is 1.88 bits per heavy atom. The maximum atomic E-state index is 10.9. The van der Waals surface area contributed by atoms with Gasteiger partial charge in [-0.3, -0.25) is 0 Å². The minimum absolute atomic E-state index is 0.0185. The zero-order valence-electron chi connectivity index (χ0n) is 14.9. The summed E-state index contributed by atoms with van der Waals surface area (Å²) in [6, 6.07) is 4.79. The normalized spacial score (nSPS) is 10.2. The van der Waals surface area contributed by atoms with Crippen LogP contribution in [0, 0.1) is 0 Å². The largest absolute Gasteiger partial charge is 0.478 e. The number of carboxylic acid groups (broad SMARTS) is 1. The van der Waals surface area contributed by atoms with Crippen molar-refractivity contribution < 1.29 is 19.1 Å². The minimum Gasteiger partial charge on any atom is -0.478 e. The molecular formula is C16H20N6O4. The van der Waals surface area contributed by atoms with Crippen LogP contribution in [0.25, 0.3) is 17.2 Å². The molecule has 0 aliphatic heterocycles. The van der Waals surface area contributed by atoms with Gasteiger partial charge in [0.2, 0.25) is 5.82 Å². The molecule has 3 N–H and O–H groups in total. The first-order chi connectivity index (χ1) is 12.2. The van der Waals surface area contributed by atoms with Crippen molar-refractivity contribution in [3.05, 3.63) is 36.2 Å². The van der Waals surface area contributed by atoms with E-state index in [1.165, 1.54) is 32.8 Å². The summed E-state index contributed by atoms with van der Waals surface area (Å²) in [5.41, 5.74) is 6.44. The first-order valence-electron chi connectivity index (χ1n) is 7.52. The standard InChI is InChI=1S/C11H8N4O3.C5H12N2O/c12-7-4-6(11(16)17)5-15-10(7)13-9(14-15)8-2-1-3-18-8;1-6(2)5(8)7(3)4/h1-5H,12H2,(H,16,17);1-4H3. The number of anilines is 1. The molecule has 3 heterocycles. The van der Waals surface area contributed by atoms with Gasteiger partial charge in [0.1, 0.15) is 0 Å². The minimum atomic E-state index is -1.07. The predicted molar refractivity (Wildman–Crippen MR) is 94.8 cm³/mol. The van der Waals surface area contributed by atoms with E-state index in [0.717, 1.165) is 0 Å². The highest BCUT2D eigenvalue weighted by Crippen LogP contribution is 2.20. The van der Waals surface area contributed by atoms with Crippen molar-refractivity contribution in [3.8, 4) is 11.6 Å². The highest BCUT2D eigenvalue weighted by molar-refractivity contribution is 5.89. The number of nitrogens with zero attached hydrogens (tertiary/aromatic N) is 5. The Hall–Kier alpha value is -3.56. The lowest BCUT2D eigenvalue weighted by molar-refractivity contribution is 0.0696. The number of furan rings is 1. The molecule has 138 valence electrons. The van der Waals surface area contributed by atoms with Gasteiger partial charge >= 0.3 is 12.0 Å². The molecule has 0 unspecified atom stereocenters. The van der Waals surface area contributed by atoms with Crippen molar-refractivity contribution in [3.63, 3.8) is 0 Å². The van der Waals surface area contributed by atoms with E-state index in [1.54, 1.807) is 40.3 Å². The molecule has 0 aliphatic rings. The van der Waals surface area contributed by atoms with E-state index in [4.69, 9.17) is 15.3 Å². The quantitative estimate of drug-likeness (QED) is 0.708. The average molecular weight is 360 g/mol. The van der Waals surface area contributed by atoms with E-state index in [1.807, 2.05) is 0 Å². The van der Waals surface area contributed by atoms with Gasteiger partial charge in [-0.1, -0.05) is 0 Å². The SMILES string of the molecule is CN(C)C(=O)N(C)C.Nc1cc(C(=O)O)cn2nc(-c3ccco3)nc12. The molecule has 0 radical (unpaired) electrons. The molecule has 26 heavy (non-hydrogen) atoms. The first kappa shape index (κ1) is 18.8. The topological polar surface area (TPSA) is 130 Å². The lowest BCUT2D eigenvalue weighted by Crippen LogP contribution is -2.33. The summed E-state index contributed by atoms with van der Waals surface area (Å²) in [5.74, 6) is -0.220. The zero-order chi connectivity index (χ0) is 19.4. The molecule has 0 fully saturated rings. The van der Waals surface area contributed by atoms with Crippen molar-refractivity contribution in [2.75, 3.05) is 33.9 Å². The summed E-state index contributed by atoms with van der Waals surface area (Å²) >= 11 is 0. The fourth-order valence-electron chi connectivity index (χ4n) is 2.04. The van der Waals surface area contributed by atoms with Crippen LogP contribution in [0.4, 0.5) is 10.5 Å². The summed E-state index contributed by atoms with van der Waals surface area (Å²) in [5, 5.41) is 13.1. The van der Waals surface area contributed by atoms with Crippen LogP contribution in [0.5, 0.6) is 0 Å². The molecule has 3 aromatic heterocycles. The number of urea groups is 1. The van der Waals surface area contributed by atoms with E-state index in [-0.39, 0.29) is 17.3 Å². The lowest BCUT2D eigenvalue weighted by atomic mass is 10.2. The van der Waals surface area contributed by atoms with Gasteiger partial charge in [-0.15, -0.1) is 5.10 Å². The smallest absolute Gasteiger partial charge is 0.337 e. The summed E-state index contributed by atoms with van der Waals surface area (Å²) in [6.07, 6.45) is 2.86. The molecule has 2 amide bonds. The highest BCUT2D eigenvalue weighted by atomic mass is 16.4. The number of nitrogen functional groups attached to an aromatic ring is 1. The molecule has 0 atom stereocenters. The van der Waals surface area contributed by atoms with Crippen molar-refractivity contribution in [2.24, 2.45) is 0 Å². The molecule has 0 spiro atoms. The third-order valence-corrected chi connectivity index (χ3v) is 3.22. The lowest BCUT2D eigenvalue weighted by Gasteiger charge is -2.16. The fraction of sp³-hybridized carbons (Fsp3) is 0.250. The first-order valence-corrected chi connectivity index (χ1v) is 7.52. The average Bonchev–Trinajstić information content (AvgIpc) is 3.23. The van der Waals surface area contributed by atoms with E-state index in [0.29, 0.717) is 17.2 Å². The second-order valence-corrected chi connectivity index (χ2v) is 5.74. The Balaban J connectivity index is 0.000000260. The van der Waals surface area contributed by atoms with Crippen LogP contribution in [-0.2, 0) is 0 Å². The molecule has 0 saturated heterocycles. The number of hydrogen-bond donors (Lipinski definition) is 2. The van der Waals surface area contributed by atoms with Crippen molar-refractivity contribution in [2.45, 2.75) is 0 Å². The number of amides is 2. The van der Waals surface area contributed by atoms with Crippen molar-refractivity contribution in [1.29, 1.82) is 0 Å². The highest BCUT2D eigenvalue weighted by Gasteiger charge is 2.13. The number of hydrogen-bond acceptors (Lipinski definition) is 6. The second kappa shape index (κ2) is 7.55. The number of carbonyl (C=O) groups excluding carboxylic acids is 1. The predicted octanol–water partition coefficient (Wildman–Crippen LogP) is 1.50. The number of aromatic nitrogens is 3. The van der Waals surface area contributed by atoms with E-state index in [2.05, 4.69) is 10.1 Å². The molecule has 0 saturated carbocycles. The van der Waals surface area contributed by atoms with Gasteiger partial charge in [0.15, 0.2) is 11.4 Å². The third-order valence-electron chi connectivity index (χ3n) is 3.22. The molecular weight excluding hydrogens is 340 g/mol. The fourth-order valence-corrected chi connectivity index (χ4v) is 2.04. The Morgan fingerprint density at radius 1 is 1.23 bits per heavy atom. The van der Waals surface area contributed by atoms with Crippen LogP contribution < -0.4 is 5.73 Å². The summed E-state index contributed by atoms with van der Waals surface area (Å²) in [4.78, 5) is 28.8. The summed E-state index contributed by atoms with van der Waals surface area (Å²) in [6.45, 7) is 0. The van der Waals surface area contributed by atoms with E-state index in [9.17, 15) is 9.59 Å². The molecule has 10 heteroatoms. The summed E-state index contributed by atoms with van der Waals surface area (Å²) < 4.78 is 6.50. The van der Waals surface area contributed by atoms with Gasteiger partial charge < -0.3 is 25.1 Å². The molecule has 0 bridgehead atoms. The van der Waals surface area contributed by atoms with Gasteiger partial charge in [0.25, 0.3) is 0 Å². The molecule has 3 aromatic rings. The third kappa shape index (κ3) is 4.09. The maximum Gasteiger partial charge on any atom is 0.337 e. The zero-order valence-corrected chi connectivity index (χ0v) is 14.9.